The van der Waals surface area contributed by atoms with Crippen molar-refractivity contribution in [2.24, 2.45) is 0 Å². The summed E-state index contributed by atoms with van der Waals surface area (Å²) in [6.45, 7) is -0.223. The lowest BCUT2D eigenvalue weighted by Gasteiger charge is -2.04. The average molecular weight is 307 g/mol. The molecule has 0 spiro atoms. The zero-order valence-electron chi connectivity index (χ0n) is 9.38. The molecule has 2 aromatic rings. The lowest BCUT2D eigenvalue weighted by molar-refractivity contribution is 0.113. The molecule has 0 aliphatic carbocycles. The molecule has 18 heavy (non-hydrogen) atoms. The summed E-state index contributed by atoms with van der Waals surface area (Å²) in [6.07, 6.45) is 2.91. The zero-order chi connectivity index (χ0) is 13.1. The number of hydrogen-bond donors (Lipinski definition) is 2. The van der Waals surface area contributed by atoms with Gasteiger partial charge in [-0.1, -0.05) is 23.2 Å². The van der Waals surface area contributed by atoms with Crippen LogP contribution < -0.4 is 0 Å². The number of nitrogens with zero attached hydrogens (tertiary/aromatic N) is 2. The minimum Gasteiger partial charge on any atom is -0.394 e. The molecule has 0 radical (unpaired) electrons. The van der Waals surface area contributed by atoms with E-state index < -0.39 is 6.10 Å². The van der Waals surface area contributed by atoms with Crippen LogP contribution in [-0.4, -0.2) is 38.1 Å². The van der Waals surface area contributed by atoms with Gasteiger partial charge in [-0.3, -0.25) is 0 Å². The van der Waals surface area contributed by atoms with Gasteiger partial charge in [-0.05, 0) is 6.07 Å². The lowest BCUT2D eigenvalue weighted by Crippen LogP contribution is -2.14. The number of imidazole rings is 1. The van der Waals surface area contributed by atoms with Crippen LogP contribution >= 0.6 is 35.0 Å². The molecule has 2 rings (SSSR count). The Bertz CT molecular complexity index is 547. The van der Waals surface area contributed by atoms with Crippen molar-refractivity contribution in [3.63, 3.8) is 0 Å². The van der Waals surface area contributed by atoms with E-state index in [9.17, 15) is 5.11 Å². The van der Waals surface area contributed by atoms with Gasteiger partial charge in [0.05, 0.1) is 28.5 Å². The Morgan fingerprint density at radius 3 is 2.89 bits per heavy atom. The molecule has 0 unspecified atom stereocenters. The first-order valence-electron chi connectivity index (χ1n) is 5.29. The second-order valence-electron chi connectivity index (χ2n) is 3.82. The quantitative estimate of drug-likeness (QED) is 0.889. The standard InChI is InChI=1S/C11H12Cl2N2O2S/c12-7-1-10(13)11-14-8(3-15(11)2-7)5-18-6-9(17)4-16/h1-3,9,16-17H,4-6H2/t9-/m0/s1. The van der Waals surface area contributed by atoms with Gasteiger partial charge in [0.2, 0.25) is 0 Å². The third-order valence-electron chi connectivity index (χ3n) is 2.29. The number of thioether (sulfide) groups is 1. The van der Waals surface area contributed by atoms with E-state index in [-0.39, 0.29) is 6.61 Å². The van der Waals surface area contributed by atoms with Crippen LogP contribution in [0.4, 0.5) is 0 Å². The summed E-state index contributed by atoms with van der Waals surface area (Å²) in [4.78, 5) is 4.38. The summed E-state index contributed by atoms with van der Waals surface area (Å²) in [7, 11) is 0. The van der Waals surface area contributed by atoms with Gasteiger partial charge in [0, 0.05) is 23.9 Å². The fraction of sp³-hybridized carbons (Fsp3) is 0.364. The molecule has 0 saturated heterocycles. The largest absolute Gasteiger partial charge is 0.394 e. The molecule has 2 N–H and O–H groups in total. The van der Waals surface area contributed by atoms with Gasteiger partial charge in [-0.25, -0.2) is 4.98 Å². The number of halogens is 2. The predicted octanol–water partition coefficient (Wildman–Crippen LogP) is 2.23. The highest BCUT2D eigenvalue weighted by Gasteiger charge is 2.08. The lowest BCUT2D eigenvalue weighted by atomic mass is 10.4. The first-order chi connectivity index (χ1) is 8.60. The van der Waals surface area contributed by atoms with E-state index in [1.807, 2.05) is 6.20 Å². The Hall–Kier alpha value is -0.460. The maximum absolute atomic E-state index is 9.22. The van der Waals surface area contributed by atoms with Crippen LogP contribution in [0.5, 0.6) is 0 Å². The summed E-state index contributed by atoms with van der Waals surface area (Å²) in [6, 6.07) is 1.65. The second-order valence-corrected chi connectivity index (χ2v) is 5.69. The predicted molar refractivity (Wildman–Crippen MR) is 74.5 cm³/mol. The highest BCUT2D eigenvalue weighted by Crippen LogP contribution is 2.23. The van der Waals surface area contributed by atoms with Crippen LogP contribution in [0.25, 0.3) is 5.65 Å². The van der Waals surface area contributed by atoms with Crippen molar-refractivity contribution in [3.8, 4) is 0 Å². The van der Waals surface area contributed by atoms with Crippen LogP contribution in [0, 0.1) is 0 Å². The normalized spacial score (nSPS) is 13.1. The third-order valence-corrected chi connectivity index (χ3v) is 3.90. The van der Waals surface area contributed by atoms with Crippen molar-refractivity contribution < 1.29 is 10.2 Å². The van der Waals surface area contributed by atoms with E-state index in [2.05, 4.69) is 4.98 Å². The minimum atomic E-state index is -0.690. The molecule has 0 amide bonds. The molecule has 0 fully saturated rings. The maximum Gasteiger partial charge on any atom is 0.155 e. The van der Waals surface area contributed by atoms with Gasteiger partial charge >= 0.3 is 0 Å². The molecule has 1 atom stereocenters. The highest BCUT2D eigenvalue weighted by molar-refractivity contribution is 7.98. The van der Waals surface area contributed by atoms with E-state index in [0.717, 1.165) is 5.69 Å². The van der Waals surface area contributed by atoms with E-state index in [0.29, 0.717) is 27.2 Å². The van der Waals surface area contributed by atoms with E-state index in [4.69, 9.17) is 28.3 Å². The molecule has 7 heteroatoms. The zero-order valence-corrected chi connectivity index (χ0v) is 11.7. The summed E-state index contributed by atoms with van der Waals surface area (Å²) >= 11 is 13.4. The summed E-state index contributed by atoms with van der Waals surface area (Å²) in [5.41, 5.74) is 1.52. The maximum atomic E-state index is 9.22. The molecule has 4 nitrogen and oxygen atoms in total. The molecular formula is C11H12Cl2N2O2S. The number of aromatic nitrogens is 2. The molecule has 0 aliphatic rings. The van der Waals surface area contributed by atoms with Crippen molar-refractivity contribution in [1.82, 2.24) is 9.38 Å². The summed E-state index contributed by atoms with van der Waals surface area (Å²) < 4.78 is 1.78. The molecular weight excluding hydrogens is 295 g/mol. The minimum absolute atomic E-state index is 0.223. The Labute approximate surface area is 119 Å². The average Bonchev–Trinajstić information content (AvgIpc) is 2.72. The van der Waals surface area contributed by atoms with Crippen LogP contribution in [0.3, 0.4) is 0 Å². The van der Waals surface area contributed by atoms with Gasteiger partial charge in [-0.15, -0.1) is 0 Å². The Morgan fingerprint density at radius 2 is 2.17 bits per heavy atom. The fourth-order valence-electron chi connectivity index (χ4n) is 1.50. The number of aliphatic hydroxyl groups is 2. The Kier molecular flexibility index (Phi) is 4.75. The van der Waals surface area contributed by atoms with Crippen LogP contribution in [0.15, 0.2) is 18.5 Å². The number of aliphatic hydroxyl groups excluding tert-OH is 2. The number of fused-ring (bicyclic) bond motifs is 1. The van der Waals surface area contributed by atoms with Gasteiger partial charge < -0.3 is 14.6 Å². The number of rotatable bonds is 5. The number of hydrogen-bond acceptors (Lipinski definition) is 4. The summed E-state index contributed by atoms with van der Waals surface area (Å²) in [5, 5.41) is 19.0. The van der Waals surface area contributed by atoms with Gasteiger partial charge in [-0.2, -0.15) is 11.8 Å². The van der Waals surface area contributed by atoms with Gasteiger partial charge in [0.15, 0.2) is 5.65 Å². The molecule has 0 aliphatic heterocycles. The summed E-state index contributed by atoms with van der Waals surface area (Å²) in [5.74, 6) is 1.12. The Balaban J connectivity index is 2.08. The van der Waals surface area contributed by atoms with Crippen molar-refractivity contribution in [2.45, 2.75) is 11.9 Å². The smallest absolute Gasteiger partial charge is 0.155 e. The first-order valence-corrected chi connectivity index (χ1v) is 7.20. The van der Waals surface area contributed by atoms with E-state index >= 15 is 0 Å². The number of pyridine rings is 1. The van der Waals surface area contributed by atoms with Crippen LogP contribution in [0.1, 0.15) is 5.69 Å². The van der Waals surface area contributed by atoms with Crippen molar-refractivity contribution in [2.75, 3.05) is 12.4 Å². The molecule has 98 valence electrons. The highest BCUT2D eigenvalue weighted by atomic mass is 35.5. The monoisotopic (exact) mass is 306 g/mol. The molecule has 0 bridgehead atoms. The Morgan fingerprint density at radius 1 is 1.39 bits per heavy atom. The molecule has 0 saturated carbocycles. The van der Waals surface area contributed by atoms with E-state index in [1.54, 1.807) is 16.7 Å². The van der Waals surface area contributed by atoms with Gasteiger partial charge in [0.1, 0.15) is 0 Å². The van der Waals surface area contributed by atoms with Crippen molar-refractivity contribution >= 4 is 40.6 Å². The molecule has 0 aromatic carbocycles. The fourth-order valence-corrected chi connectivity index (χ4v) is 2.87. The van der Waals surface area contributed by atoms with Crippen molar-refractivity contribution in [1.29, 1.82) is 0 Å². The molecule has 2 aromatic heterocycles. The first kappa shape index (κ1) is 14.0. The van der Waals surface area contributed by atoms with E-state index in [1.165, 1.54) is 11.8 Å². The van der Waals surface area contributed by atoms with Crippen molar-refractivity contribution in [3.05, 3.63) is 34.2 Å². The second kappa shape index (κ2) is 6.12. The molecule has 2 heterocycles. The van der Waals surface area contributed by atoms with Crippen LogP contribution in [0.2, 0.25) is 10.0 Å². The van der Waals surface area contributed by atoms with Crippen LogP contribution in [-0.2, 0) is 5.75 Å². The SMILES string of the molecule is OC[C@H](O)CSCc1cn2cc(Cl)cc(Cl)c2n1. The third kappa shape index (κ3) is 3.30. The topological polar surface area (TPSA) is 57.8 Å². The van der Waals surface area contributed by atoms with Gasteiger partial charge in [0.25, 0.3) is 0 Å².